The van der Waals surface area contributed by atoms with E-state index in [-0.39, 0.29) is 5.91 Å². The van der Waals surface area contributed by atoms with E-state index in [1.54, 1.807) is 24.5 Å². The Kier molecular flexibility index (Phi) is 3.78. The molecule has 1 N–H and O–H groups in total. The maximum absolute atomic E-state index is 11.9. The van der Waals surface area contributed by atoms with Crippen LogP contribution in [0, 0.1) is 5.92 Å². The van der Waals surface area contributed by atoms with Gasteiger partial charge in [0.1, 0.15) is 0 Å². The Morgan fingerprint density at radius 1 is 1.50 bits per heavy atom. The predicted octanol–water partition coefficient (Wildman–Crippen LogP) is 1.67. The number of fused-ring (bicyclic) bond motifs is 1. The van der Waals surface area contributed by atoms with E-state index in [1.807, 2.05) is 0 Å². The van der Waals surface area contributed by atoms with Gasteiger partial charge in [0.05, 0.1) is 5.56 Å². The van der Waals surface area contributed by atoms with Gasteiger partial charge in [-0.05, 0) is 50.9 Å². The van der Waals surface area contributed by atoms with Gasteiger partial charge >= 0.3 is 0 Å². The summed E-state index contributed by atoms with van der Waals surface area (Å²) >= 11 is 0. The van der Waals surface area contributed by atoms with E-state index >= 15 is 0 Å². The van der Waals surface area contributed by atoms with Gasteiger partial charge in [-0.3, -0.25) is 9.78 Å². The van der Waals surface area contributed by atoms with Gasteiger partial charge in [-0.15, -0.1) is 0 Å². The first-order valence-corrected chi connectivity index (χ1v) is 7.20. The second kappa shape index (κ2) is 5.71. The van der Waals surface area contributed by atoms with E-state index in [9.17, 15) is 4.79 Å². The smallest absolute Gasteiger partial charge is 0.272 e. The minimum absolute atomic E-state index is 0.187. The number of rotatable bonds is 2. The second-order valence-corrected chi connectivity index (χ2v) is 5.70. The number of amides is 1. The van der Waals surface area contributed by atoms with Crippen LogP contribution in [-0.4, -0.2) is 41.1 Å². The topological polar surface area (TPSA) is 57.6 Å². The molecule has 0 radical (unpaired) electrons. The first-order valence-electron chi connectivity index (χ1n) is 7.20. The maximum Gasteiger partial charge on any atom is 0.272 e. The normalized spacial score (nSPS) is 28.4. The fourth-order valence-corrected chi connectivity index (χ4v) is 3.24. The highest BCUT2D eigenvalue weighted by atomic mass is 16.2. The van der Waals surface area contributed by atoms with Gasteiger partial charge < -0.3 is 4.90 Å². The molecular formula is C15H20N4O. The molecule has 2 atom stereocenters. The maximum atomic E-state index is 11.9. The van der Waals surface area contributed by atoms with E-state index in [4.69, 9.17) is 0 Å². The molecule has 5 nitrogen and oxygen atoms in total. The van der Waals surface area contributed by atoms with Gasteiger partial charge in [0.15, 0.2) is 0 Å². The number of carbonyl (C=O) groups excluding carboxylic acids is 1. The van der Waals surface area contributed by atoms with E-state index in [2.05, 4.69) is 27.5 Å². The number of nitrogens with one attached hydrogen (secondary N) is 1. The number of nitrogens with zero attached hydrogens (tertiary/aromatic N) is 3. The number of likely N-dealkylation sites (tertiary alicyclic amines) is 1. The standard InChI is InChI=1S/C15H20N4O/c1-19-8-6-11-4-5-13(9-14(11)19)17-18-15(20)12-3-2-7-16-10-12/h2-3,7,10-11,14H,4-6,8-9H2,1H3,(H,18,20)/b17-13+. The molecule has 1 saturated carbocycles. The number of aromatic nitrogens is 1. The summed E-state index contributed by atoms with van der Waals surface area (Å²) in [5, 5.41) is 4.32. The first-order chi connectivity index (χ1) is 9.74. The summed E-state index contributed by atoms with van der Waals surface area (Å²) in [6.07, 6.45) is 7.68. The fraction of sp³-hybridized carbons (Fsp3) is 0.533. The summed E-state index contributed by atoms with van der Waals surface area (Å²) in [6, 6.07) is 4.10. The van der Waals surface area contributed by atoms with Crippen LogP contribution in [0.3, 0.4) is 0 Å². The van der Waals surface area contributed by atoms with Crippen molar-refractivity contribution in [3.8, 4) is 0 Å². The first kappa shape index (κ1) is 13.2. The van der Waals surface area contributed by atoms with Gasteiger partial charge in [-0.2, -0.15) is 5.10 Å². The van der Waals surface area contributed by atoms with E-state index in [1.165, 1.54) is 19.4 Å². The Bertz CT molecular complexity index is 514. The van der Waals surface area contributed by atoms with Crippen LogP contribution in [0.1, 0.15) is 36.0 Å². The zero-order chi connectivity index (χ0) is 13.9. The van der Waals surface area contributed by atoms with Crippen LogP contribution in [0.15, 0.2) is 29.6 Å². The Labute approximate surface area is 119 Å². The number of pyridine rings is 1. The molecule has 0 spiro atoms. The van der Waals surface area contributed by atoms with E-state index in [0.717, 1.165) is 24.5 Å². The molecule has 1 aromatic rings. The van der Waals surface area contributed by atoms with Gasteiger partial charge in [0, 0.05) is 30.6 Å². The third-order valence-electron chi connectivity index (χ3n) is 4.45. The Morgan fingerprint density at radius 2 is 2.40 bits per heavy atom. The average Bonchev–Trinajstić information content (AvgIpc) is 2.87. The highest BCUT2D eigenvalue weighted by molar-refractivity contribution is 5.95. The molecule has 1 amide bonds. The monoisotopic (exact) mass is 272 g/mol. The molecule has 20 heavy (non-hydrogen) atoms. The molecule has 0 aromatic carbocycles. The van der Waals surface area contributed by atoms with Crippen molar-refractivity contribution in [2.24, 2.45) is 11.0 Å². The summed E-state index contributed by atoms with van der Waals surface area (Å²) < 4.78 is 0. The van der Waals surface area contributed by atoms with Crippen molar-refractivity contribution < 1.29 is 4.79 Å². The number of hydrazone groups is 1. The van der Waals surface area contributed by atoms with Crippen LogP contribution < -0.4 is 5.43 Å². The third-order valence-corrected chi connectivity index (χ3v) is 4.45. The summed E-state index contributed by atoms with van der Waals surface area (Å²) in [7, 11) is 2.18. The molecule has 1 aromatic heterocycles. The fourth-order valence-electron chi connectivity index (χ4n) is 3.24. The van der Waals surface area contributed by atoms with Crippen LogP contribution >= 0.6 is 0 Å². The van der Waals surface area contributed by atoms with Gasteiger partial charge in [-0.1, -0.05) is 0 Å². The predicted molar refractivity (Wildman–Crippen MR) is 77.5 cm³/mol. The number of hydrogen-bond acceptors (Lipinski definition) is 4. The highest BCUT2D eigenvalue weighted by Crippen LogP contribution is 2.33. The highest BCUT2D eigenvalue weighted by Gasteiger charge is 2.35. The quantitative estimate of drug-likeness (QED) is 0.833. The summed E-state index contributed by atoms with van der Waals surface area (Å²) in [4.78, 5) is 18.3. The zero-order valence-electron chi connectivity index (χ0n) is 11.7. The van der Waals surface area contributed by atoms with Crippen molar-refractivity contribution >= 4 is 11.6 Å². The van der Waals surface area contributed by atoms with Gasteiger partial charge in [0.2, 0.25) is 0 Å². The lowest BCUT2D eigenvalue weighted by molar-refractivity contribution is 0.0954. The van der Waals surface area contributed by atoms with Crippen molar-refractivity contribution in [2.75, 3.05) is 13.6 Å². The largest absolute Gasteiger partial charge is 0.303 e. The summed E-state index contributed by atoms with van der Waals surface area (Å²) in [5.41, 5.74) is 4.31. The Morgan fingerprint density at radius 3 is 3.20 bits per heavy atom. The molecule has 1 aliphatic heterocycles. The second-order valence-electron chi connectivity index (χ2n) is 5.70. The molecule has 2 unspecified atom stereocenters. The van der Waals surface area contributed by atoms with Gasteiger partial charge in [0.25, 0.3) is 5.91 Å². The zero-order valence-corrected chi connectivity index (χ0v) is 11.7. The Balaban J connectivity index is 1.61. The molecule has 1 aliphatic carbocycles. The van der Waals surface area contributed by atoms with Crippen LogP contribution in [0.25, 0.3) is 0 Å². The van der Waals surface area contributed by atoms with Crippen molar-refractivity contribution in [3.63, 3.8) is 0 Å². The molecule has 3 rings (SSSR count). The third kappa shape index (κ3) is 2.72. The molecule has 2 heterocycles. The van der Waals surface area contributed by atoms with Crippen molar-refractivity contribution in [3.05, 3.63) is 30.1 Å². The minimum Gasteiger partial charge on any atom is -0.303 e. The number of carbonyl (C=O) groups is 1. The Hall–Kier alpha value is -1.75. The van der Waals surface area contributed by atoms with E-state index in [0.29, 0.717) is 11.6 Å². The molecular weight excluding hydrogens is 252 g/mol. The lowest BCUT2D eigenvalue weighted by atomic mass is 9.84. The molecule has 106 valence electrons. The molecule has 2 aliphatic rings. The van der Waals surface area contributed by atoms with Crippen molar-refractivity contribution in [1.82, 2.24) is 15.3 Å². The van der Waals surface area contributed by atoms with Crippen molar-refractivity contribution in [1.29, 1.82) is 0 Å². The molecule has 2 fully saturated rings. The van der Waals surface area contributed by atoms with Crippen LogP contribution in [-0.2, 0) is 0 Å². The summed E-state index contributed by atoms with van der Waals surface area (Å²) in [6.45, 7) is 1.19. The minimum atomic E-state index is -0.187. The lowest BCUT2D eigenvalue weighted by Gasteiger charge is -2.30. The van der Waals surface area contributed by atoms with Crippen LogP contribution in [0.4, 0.5) is 0 Å². The summed E-state index contributed by atoms with van der Waals surface area (Å²) in [5.74, 6) is 0.625. The molecule has 1 saturated heterocycles. The van der Waals surface area contributed by atoms with Crippen LogP contribution in [0.5, 0.6) is 0 Å². The van der Waals surface area contributed by atoms with Crippen LogP contribution in [0.2, 0.25) is 0 Å². The van der Waals surface area contributed by atoms with E-state index < -0.39 is 0 Å². The average molecular weight is 272 g/mol. The SMILES string of the molecule is CN1CCC2CC/C(=N\NC(=O)c3cccnc3)CC21. The van der Waals surface area contributed by atoms with Gasteiger partial charge in [-0.25, -0.2) is 5.43 Å². The molecule has 5 heteroatoms. The lowest BCUT2D eigenvalue weighted by Crippen LogP contribution is -2.36. The van der Waals surface area contributed by atoms with Crippen molar-refractivity contribution in [2.45, 2.75) is 31.7 Å². The number of hydrogen-bond donors (Lipinski definition) is 1. The molecule has 0 bridgehead atoms.